The van der Waals surface area contributed by atoms with Gasteiger partial charge in [-0.05, 0) is 44.5 Å². The second-order valence-electron chi connectivity index (χ2n) is 10.6. The molecule has 2 aromatic rings. The second-order valence-corrected chi connectivity index (χ2v) is 10.6. The number of aromatic nitrogens is 5. The normalized spacial score (nSPS) is 22.2. The minimum atomic E-state index is -0.704. The van der Waals surface area contributed by atoms with Crippen LogP contribution in [0.3, 0.4) is 0 Å². The van der Waals surface area contributed by atoms with Crippen LogP contribution in [0.25, 0.3) is 0 Å². The largest absolute Gasteiger partial charge is 0.350 e. The zero-order valence-electron chi connectivity index (χ0n) is 22.4. The highest BCUT2D eigenvalue weighted by Crippen LogP contribution is 2.38. The summed E-state index contributed by atoms with van der Waals surface area (Å²) in [7, 11) is 3.59. The van der Waals surface area contributed by atoms with Crippen LogP contribution in [0, 0.1) is 11.8 Å². The molecule has 13 heteroatoms. The molecule has 0 saturated heterocycles. The zero-order chi connectivity index (χ0) is 27.4. The van der Waals surface area contributed by atoms with Crippen molar-refractivity contribution in [2.24, 2.45) is 11.8 Å². The first-order valence-corrected chi connectivity index (χ1v) is 13.1. The fourth-order valence-electron chi connectivity index (χ4n) is 5.38. The molecule has 13 nitrogen and oxygen atoms in total. The van der Waals surface area contributed by atoms with Gasteiger partial charge in [-0.3, -0.25) is 19.2 Å². The number of hydrogen-bond donors (Lipinski definition) is 4. The number of rotatable bonds is 10. The molecule has 3 amide bonds. The quantitative estimate of drug-likeness (QED) is 0.321. The SMILES string of the molecule is CC[C@H](C)[C@H](NC(=O)CN(C)C)C(=O)N[C@H]1CCc2ccn3c2C1C(=O)C[C@H](C(=O)NCc1nn[nH]n1)C3. The number of likely N-dealkylation sites (N-methyl/N-ethyl adjacent to an activating group) is 1. The highest BCUT2D eigenvalue weighted by molar-refractivity contribution is 5.93. The molecule has 2 aromatic heterocycles. The second kappa shape index (κ2) is 11.8. The van der Waals surface area contributed by atoms with E-state index in [0.29, 0.717) is 31.6 Å². The predicted molar refractivity (Wildman–Crippen MR) is 137 cm³/mol. The van der Waals surface area contributed by atoms with Crippen molar-refractivity contribution in [3.63, 3.8) is 0 Å². The van der Waals surface area contributed by atoms with Crippen LogP contribution in [0.2, 0.25) is 0 Å². The maximum Gasteiger partial charge on any atom is 0.243 e. The van der Waals surface area contributed by atoms with Gasteiger partial charge in [-0.2, -0.15) is 5.21 Å². The monoisotopic (exact) mass is 527 g/mol. The molecule has 3 heterocycles. The average Bonchev–Trinajstić information content (AvgIpc) is 3.51. The van der Waals surface area contributed by atoms with Crippen molar-refractivity contribution in [3.8, 4) is 0 Å². The summed E-state index contributed by atoms with van der Waals surface area (Å²) in [5.74, 6) is -1.69. The van der Waals surface area contributed by atoms with Crippen LogP contribution in [-0.4, -0.2) is 86.3 Å². The van der Waals surface area contributed by atoms with Crippen LogP contribution in [0.5, 0.6) is 0 Å². The number of carbonyl (C=O) groups is 4. The van der Waals surface area contributed by atoms with Crippen molar-refractivity contribution >= 4 is 23.5 Å². The standard InChI is InChI=1S/C25H37N9O4/c1-5-14(2)22(28-20(36)13-33(3)4)25(38)27-17-7-6-15-8-9-34-12-16(10-18(35)21(17)23(15)34)24(37)26-11-19-29-31-32-30-19/h8-9,14,16-17,21-22H,5-7,10-13H2,1-4H3,(H,26,37)(H,27,38)(H,28,36)(H,29,30,31,32)/t14-,16-,17-,21?,22-/m0/s1. The van der Waals surface area contributed by atoms with Crippen LogP contribution >= 0.6 is 0 Å². The van der Waals surface area contributed by atoms with Gasteiger partial charge in [0.05, 0.1) is 24.9 Å². The summed E-state index contributed by atoms with van der Waals surface area (Å²) in [5, 5.41) is 22.3. The van der Waals surface area contributed by atoms with Crippen molar-refractivity contribution in [2.45, 2.75) is 70.6 Å². The Morgan fingerprint density at radius 1 is 1.29 bits per heavy atom. The lowest BCUT2D eigenvalue weighted by atomic mass is 9.79. The molecule has 0 radical (unpaired) electrons. The van der Waals surface area contributed by atoms with Crippen LogP contribution < -0.4 is 16.0 Å². The molecular weight excluding hydrogens is 490 g/mol. The number of aryl methyl sites for hydroxylation is 1. The van der Waals surface area contributed by atoms with Crippen molar-refractivity contribution < 1.29 is 19.2 Å². The number of ketones is 1. The molecule has 0 fully saturated rings. The van der Waals surface area contributed by atoms with Gasteiger partial charge in [0.25, 0.3) is 0 Å². The van der Waals surface area contributed by atoms with Gasteiger partial charge in [-0.15, -0.1) is 10.2 Å². The molecule has 0 spiro atoms. The van der Waals surface area contributed by atoms with Crippen molar-refractivity contribution in [1.82, 2.24) is 46.0 Å². The Morgan fingerprint density at radius 2 is 2.08 bits per heavy atom. The van der Waals surface area contributed by atoms with E-state index in [-0.39, 0.29) is 48.9 Å². The van der Waals surface area contributed by atoms with Crippen LogP contribution in [0.1, 0.15) is 56.1 Å². The fraction of sp³-hybridized carbons (Fsp3) is 0.640. The van der Waals surface area contributed by atoms with Gasteiger partial charge in [-0.1, -0.05) is 25.5 Å². The number of aromatic amines is 1. The van der Waals surface area contributed by atoms with Crippen LogP contribution in [0.4, 0.5) is 0 Å². The minimum absolute atomic E-state index is 0.0601. The molecule has 0 saturated carbocycles. The fourth-order valence-corrected chi connectivity index (χ4v) is 5.38. The highest BCUT2D eigenvalue weighted by atomic mass is 16.2. The minimum Gasteiger partial charge on any atom is -0.350 e. The van der Waals surface area contributed by atoms with Crippen LogP contribution in [0.15, 0.2) is 12.3 Å². The lowest BCUT2D eigenvalue weighted by Gasteiger charge is -2.34. The Bertz CT molecular complexity index is 1160. The van der Waals surface area contributed by atoms with E-state index < -0.39 is 23.9 Å². The first kappa shape index (κ1) is 27.4. The topological polar surface area (TPSA) is 167 Å². The highest BCUT2D eigenvalue weighted by Gasteiger charge is 2.43. The van der Waals surface area contributed by atoms with E-state index in [0.717, 1.165) is 11.3 Å². The maximum atomic E-state index is 13.6. The number of nitrogens with zero attached hydrogens (tertiary/aromatic N) is 5. The molecule has 2 aliphatic rings. The van der Waals surface area contributed by atoms with Gasteiger partial charge in [0.1, 0.15) is 11.8 Å². The number of Topliss-reactive ketones (excluding diaryl/α,β-unsaturated/α-hetero) is 1. The Morgan fingerprint density at radius 3 is 2.76 bits per heavy atom. The molecule has 1 aliphatic carbocycles. The number of H-pyrrole nitrogens is 1. The van der Waals surface area contributed by atoms with E-state index in [4.69, 9.17) is 0 Å². The van der Waals surface area contributed by atoms with Gasteiger partial charge in [0.2, 0.25) is 17.7 Å². The Balaban J connectivity index is 1.50. The van der Waals surface area contributed by atoms with E-state index >= 15 is 0 Å². The lowest BCUT2D eigenvalue weighted by molar-refractivity contribution is -0.132. The van der Waals surface area contributed by atoms with E-state index in [9.17, 15) is 19.2 Å². The summed E-state index contributed by atoms with van der Waals surface area (Å²) in [6.07, 6.45) is 4.01. The van der Waals surface area contributed by atoms with Crippen molar-refractivity contribution in [2.75, 3.05) is 20.6 Å². The summed E-state index contributed by atoms with van der Waals surface area (Å²) in [6.45, 7) is 4.56. The average molecular weight is 528 g/mol. The summed E-state index contributed by atoms with van der Waals surface area (Å²) >= 11 is 0. The smallest absolute Gasteiger partial charge is 0.243 e. The van der Waals surface area contributed by atoms with E-state index in [1.807, 2.05) is 30.7 Å². The van der Waals surface area contributed by atoms with Gasteiger partial charge in [0.15, 0.2) is 5.82 Å². The molecule has 4 rings (SSSR count). The molecule has 5 atom stereocenters. The van der Waals surface area contributed by atoms with E-state index in [1.54, 1.807) is 19.0 Å². The maximum absolute atomic E-state index is 13.6. The third kappa shape index (κ3) is 6.09. The molecular formula is C25H37N9O4. The summed E-state index contributed by atoms with van der Waals surface area (Å²) in [6, 6.07) is 0.872. The first-order valence-electron chi connectivity index (χ1n) is 13.1. The zero-order valence-corrected chi connectivity index (χ0v) is 22.4. The van der Waals surface area contributed by atoms with Crippen molar-refractivity contribution in [3.05, 3.63) is 29.3 Å². The molecule has 0 bridgehead atoms. The molecule has 1 unspecified atom stereocenters. The molecule has 38 heavy (non-hydrogen) atoms. The molecule has 0 aromatic carbocycles. The molecule has 206 valence electrons. The van der Waals surface area contributed by atoms with Gasteiger partial charge < -0.3 is 25.4 Å². The summed E-state index contributed by atoms with van der Waals surface area (Å²) in [5.41, 5.74) is 1.94. The van der Waals surface area contributed by atoms with E-state index in [2.05, 4.69) is 36.6 Å². The Kier molecular flexibility index (Phi) is 8.55. The van der Waals surface area contributed by atoms with E-state index in [1.165, 1.54) is 0 Å². The van der Waals surface area contributed by atoms with Gasteiger partial charge in [0, 0.05) is 30.9 Å². The van der Waals surface area contributed by atoms with Gasteiger partial charge in [-0.25, -0.2) is 0 Å². The Hall–Kier alpha value is -3.61. The first-order chi connectivity index (χ1) is 18.2. The summed E-state index contributed by atoms with van der Waals surface area (Å²) < 4.78 is 1.98. The Labute approximate surface area is 221 Å². The number of nitrogens with one attached hydrogen (secondary N) is 4. The van der Waals surface area contributed by atoms with Crippen molar-refractivity contribution in [1.29, 1.82) is 0 Å². The molecule has 1 aliphatic heterocycles. The molecule has 4 N–H and O–H groups in total. The van der Waals surface area contributed by atoms with Crippen LogP contribution in [-0.2, 0) is 38.7 Å². The lowest BCUT2D eigenvalue weighted by Crippen LogP contribution is -2.55. The third-order valence-electron chi connectivity index (χ3n) is 7.51. The number of tetrazole rings is 1. The number of amides is 3. The predicted octanol–water partition coefficient (Wildman–Crippen LogP) is -0.486. The summed E-state index contributed by atoms with van der Waals surface area (Å²) in [4.78, 5) is 54.3. The number of hydrogen-bond acceptors (Lipinski definition) is 8. The third-order valence-corrected chi connectivity index (χ3v) is 7.51. The van der Waals surface area contributed by atoms with Gasteiger partial charge >= 0.3 is 0 Å². The number of carbonyl (C=O) groups excluding carboxylic acids is 4.